The standard InChI is InChI=1S/C14H17ClN2O2/c1-3-19-13(18)9-17-11-6-4-5-10(2)14(11)16-12(17)7-8-15/h4-6H,3,7-9H2,1-2H3. The minimum absolute atomic E-state index is 0.181. The zero-order valence-electron chi connectivity index (χ0n) is 11.1. The Labute approximate surface area is 117 Å². The average Bonchev–Trinajstić information content (AvgIpc) is 2.71. The fourth-order valence-electron chi connectivity index (χ4n) is 2.12. The van der Waals surface area contributed by atoms with Crippen LogP contribution >= 0.6 is 11.6 Å². The fourth-order valence-corrected chi connectivity index (χ4v) is 2.29. The number of rotatable bonds is 5. The molecule has 0 saturated heterocycles. The van der Waals surface area contributed by atoms with E-state index >= 15 is 0 Å². The minimum atomic E-state index is -0.251. The van der Waals surface area contributed by atoms with Gasteiger partial charge in [0.25, 0.3) is 0 Å². The van der Waals surface area contributed by atoms with Crippen LogP contribution in [0.25, 0.3) is 11.0 Å². The largest absolute Gasteiger partial charge is 0.465 e. The lowest BCUT2D eigenvalue weighted by Crippen LogP contribution is -2.15. The van der Waals surface area contributed by atoms with Crippen LogP contribution < -0.4 is 0 Å². The number of nitrogens with zero attached hydrogens (tertiary/aromatic N) is 2. The Balaban J connectivity index is 2.46. The minimum Gasteiger partial charge on any atom is -0.465 e. The summed E-state index contributed by atoms with van der Waals surface area (Å²) in [6.45, 7) is 4.37. The van der Waals surface area contributed by atoms with Gasteiger partial charge in [-0.3, -0.25) is 4.79 Å². The summed E-state index contributed by atoms with van der Waals surface area (Å²) in [6.07, 6.45) is 0.634. The Kier molecular flexibility index (Phi) is 4.43. The zero-order chi connectivity index (χ0) is 13.8. The van der Waals surface area contributed by atoms with Crippen molar-refractivity contribution in [3.05, 3.63) is 29.6 Å². The van der Waals surface area contributed by atoms with E-state index in [9.17, 15) is 4.79 Å². The number of alkyl halides is 1. The number of esters is 1. The molecule has 0 spiro atoms. The third kappa shape index (κ3) is 2.89. The number of halogens is 1. The second kappa shape index (κ2) is 6.06. The van der Waals surface area contributed by atoms with E-state index in [2.05, 4.69) is 4.98 Å². The number of imidazole rings is 1. The highest BCUT2D eigenvalue weighted by Crippen LogP contribution is 2.20. The number of fused-ring (bicyclic) bond motifs is 1. The number of para-hydroxylation sites is 1. The monoisotopic (exact) mass is 280 g/mol. The molecular weight excluding hydrogens is 264 g/mol. The SMILES string of the molecule is CCOC(=O)Cn1c(CCCl)nc2c(C)cccc21. The van der Waals surface area contributed by atoms with E-state index in [0.717, 1.165) is 22.4 Å². The molecule has 0 fully saturated rings. The lowest BCUT2D eigenvalue weighted by atomic mass is 10.2. The summed E-state index contributed by atoms with van der Waals surface area (Å²) in [4.78, 5) is 16.3. The Hall–Kier alpha value is -1.55. The maximum atomic E-state index is 11.7. The first-order valence-corrected chi connectivity index (χ1v) is 6.87. The van der Waals surface area contributed by atoms with Gasteiger partial charge in [-0.25, -0.2) is 4.98 Å². The quantitative estimate of drug-likeness (QED) is 0.625. The first kappa shape index (κ1) is 13.9. The second-order valence-corrected chi connectivity index (χ2v) is 4.68. The van der Waals surface area contributed by atoms with E-state index < -0.39 is 0 Å². The molecule has 1 heterocycles. The van der Waals surface area contributed by atoms with Crippen LogP contribution in [-0.2, 0) is 22.5 Å². The molecule has 0 aliphatic carbocycles. The number of aryl methyl sites for hydroxylation is 2. The number of benzene rings is 1. The molecule has 5 heteroatoms. The molecule has 0 N–H and O–H groups in total. The topological polar surface area (TPSA) is 44.1 Å². The van der Waals surface area contributed by atoms with Crippen LogP contribution in [0.5, 0.6) is 0 Å². The molecule has 2 rings (SSSR count). The normalized spacial score (nSPS) is 10.9. The summed E-state index contributed by atoms with van der Waals surface area (Å²) in [5, 5.41) is 0. The van der Waals surface area contributed by atoms with Gasteiger partial charge < -0.3 is 9.30 Å². The van der Waals surface area contributed by atoms with Crippen molar-refractivity contribution in [3.63, 3.8) is 0 Å². The number of hydrogen-bond donors (Lipinski definition) is 0. The van der Waals surface area contributed by atoms with Crippen molar-refractivity contribution in [3.8, 4) is 0 Å². The Bertz CT molecular complexity index is 592. The number of aromatic nitrogens is 2. The predicted molar refractivity (Wildman–Crippen MR) is 75.5 cm³/mol. The van der Waals surface area contributed by atoms with Gasteiger partial charge in [0.2, 0.25) is 0 Å². The molecule has 1 aromatic heterocycles. The first-order chi connectivity index (χ1) is 9.17. The smallest absolute Gasteiger partial charge is 0.326 e. The molecule has 0 unspecified atom stereocenters. The summed E-state index contributed by atoms with van der Waals surface area (Å²) in [6, 6.07) is 5.94. The van der Waals surface area contributed by atoms with Gasteiger partial charge in [-0.15, -0.1) is 11.6 Å². The lowest BCUT2D eigenvalue weighted by Gasteiger charge is -2.07. The molecule has 4 nitrogen and oxygen atoms in total. The van der Waals surface area contributed by atoms with Crippen molar-refractivity contribution < 1.29 is 9.53 Å². The van der Waals surface area contributed by atoms with Crippen LogP contribution in [0, 0.1) is 6.92 Å². The molecular formula is C14H17ClN2O2. The molecule has 0 saturated carbocycles. The number of carbonyl (C=O) groups is 1. The highest BCUT2D eigenvalue weighted by atomic mass is 35.5. The zero-order valence-corrected chi connectivity index (χ0v) is 11.9. The van der Waals surface area contributed by atoms with Crippen LogP contribution in [0.1, 0.15) is 18.3 Å². The van der Waals surface area contributed by atoms with Gasteiger partial charge >= 0.3 is 5.97 Å². The lowest BCUT2D eigenvalue weighted by molar-refractivity contribution is -0.143. The second-order valence-electron chi connectivity index (χ2n) is 4.30. The Morgan fingerprint density at radius 2 is 2.26 bits per heavy atom. The molecule has 19 heavy (non-hydrogen) atoms. The summed E-state index contributed by atoms with van der Waals surface area (Å²) in [5.74, 6) is 1.05. The van der Waals surface area contributed by atoms with Crippen LogP contribution in [0.15, 0.2) is 18.2 Å². The Morgan fingerprint density at radius 3 is 2.95 bits per heavy atom. The summed E-state index contributed by atoms with van der Waals surface area (Å²) >= 11 is 5.80. The van der Waals surface area contributed by atoms with Gasteiger partial charge in [0, 0.05) is 12.3 Å². The molecule has 0 atom stereocenters. The number of carbonyl (C=O) groups excluding carboxylic acids is 1. The van der Waals surface area contributed by atoms with Gasteiger partial charge in [0.15, 0.2) is 0 Å². The maximum absolute atomic E-state index is 11.7. The van der Waals surface area contributed by atoms with Crippen molar-refractivity contribution in [1.82, 2.24) is 9.55 Å². The molecule has 0 radical (unpaired) electrons. The maximum Gasteiger partial charge on any atom is 0.326 e. The molecule has 2 aromatic rings. The summed E-state index contributed by atoms with van der Waals surface area (Å²) in [5.41, 5.74) is 2.97. The van der Waals surface area contributed by atoms with Crippen molar-refractivity contribution >= 4 is 28.6 Å². The molecule has 0 amide bonds. The van der Waals surface area contributed by atoms with Crippen molar-refractivity contribution in [2.45, 2.75) is 26.8 Å². The van der Waals surface area contributed by atoms with Gasteiger partial charge in [-0.2, -0.15) is 0 Å². The number of ether oxygens (including phenoxy) is 1. The van der Waals surface area contributed by atoms with Crippen LogP contribution in [0.2, 0.25) is 0 Å². The van der Waals surface area contributed by atoms with E-state index in [4.69, 9.17) is 16.3 Å². The van der Waals surface area contributed by atoms with E-state index in [1.165, 1.54) is 0 Å². The number of hydrogen-bond acceptors (Lipinski definition) is 3. The van der Waals surface area contributed by atoms with Gasteiger partial charge in [-0.05, 0) is 25.5 Å². The molecule has 0 aliphatic heterocycles. The molecule has 1 aromatic carbocycles. The van der Waals surface area contributed by atoms with Crippen LogP contribution in [0.3, 0.4) is 0 Å². The molecule has 0 bridgehead atoms. The highest BCUT2D eigenvalue weighted by Gasteiger charge is 2.14. The van der Waals surface area contributed by atoms with Crippen molar-refractivity contribution in [2.24, 2.45) is 0 Å². The third-order valence-corrected chi connectivity index (χ3v) is 3.16. The first-order valence-electron chi connectivity index (χ1n) is 6.33. The summed E-state index contributed by atoms with van der Waals surface area (Å²) < 4.78 is 6.90. The van der Waals surface area contributed by atoms with Gasteiger partial charge in [0.05, 0.1) is 17.6 Å². The molecule has 102 valence electrons. The van der Waals surface area contributed by atoms with Gasteiger partial charge in [-0.1, -0.05) is 12.1 Å². The average molecular weight is 281 g/mol. The van der Waals surface area contributed by atoms with Crippen molar-refractivity contribution in [2.75, 3.05) is 12.5 Å². The predicted octanol–water partition coefficient (Wildman–Crippen LogP) is 2.69. The van der Waals surface area contributed by atoms with Crippen molar-refractivity contribution in [1.29, 1.82) is 0 Å². The van der Waals surface area contributed by atoms with E-state index in [0.29, 0.717) is 18.9 Å². The third-order valence-electron chi connectivity index (χ3n) is 2.97. The summed E-state index contributed by atoms with van der Waals surface area (Å²) in [7, 11) is 0. The van der Waals surface area contributed by atoms with E-state index in [1.807, 2.05) is 29.7 Å². The molecule has 0 aliphatic rings. The van der Waals surface area contributed by atoms with E-state index in [1.54, 1.807) is 6.92 Å². The fraction of sp³-hybridized carbons (Fsp3) is 0.429. The van der Waals surface area contributed by atoms with Gasteiger partial charge in [0.1, 0.15) is 12.4 Å². The Morgan fingerprint density at radius 1 is 1.47 bits per heavy atom. The van der Waals surface area contributed by atoms with Crippen LogP contribution in [0.4, 0.5) is 0 Å². The van der Waals surface area contributed by atoms with E-state index in [-0.39, 0.29) is 12.5 Å². The highest BCUT2D eigenvalue weighted by molar-refractivity contribution is 6.17. The van der Waals surface area contributed by atoms with Crippen LogP contribution in [-0.4, -0.2) is 28.0 Å².